The lowest BCUT2D eigenvalue weighted by atomic mass is 9.76. The van der Waals surface area contributed by atoms with Crippen LogP contribution in [-0.2, 0) is 5.41 Å². The molecule has 2 aliphatic rings. The Hall–Kier alpha value is -1.54. The van der Waals surface area contributed by atoms with Crippen LogP contribution in [0.3, 0.4) is 0 Å². The highest BCUT2D eigenvalue weighted by Gasteiger charge is 2.52. The number of benzene rings is 1. The highest BCUT2D eigenvalue weighted by molar-refractivity contribution is 5.65. The van der Waals surface area contributed by atoms with E-state index in [1.807, 2.05) is 0 Å². The van der Waals surface area contributed by atoms with Crippen LogP contribution >= 0.6 is 0 Å². The SMILES string of the molecule is CC(C)=CCN1c2ccccc2[C@]2(CC=C(C)C)CCNC12. The van der Waals surface area contributed by atoms with E-state index in [0.717, 1.165) is 19.5 Å². The van der Waals surface area contributed by atoms with Crippen molar-refractivity contribution in [3.05, 3.63) is 53.1 Å². The van der Waals surface area contributed by atoms with Crippen LogP contribution in [-0.4, -0.2) is 19.3 Å². The van der Waals surface area contributed by atoms with E-state index in [1.54, 1.807) is 0 Å². The van der Waals surface area contributed by atoms with Gasteiger partial charge in [-0.15, -0.1) is 0 Å². The first kappa shape index (κ1) is 15.4. The molecular weight excluding hydrogens is 268 g/mol. The molecule has 0 aromatic heterocycles. The molecule has 2 atom stereocenters. The number of nitrogens with zero attached hydrogens (tertiary/aromatic N) is 1. The Morgan fingerprint density at radius 3 is 2.64 bits per heavy atom. The molecule has 22 heavy (non-hydrogen) atoms. The van der Waals surface area contributed by atoms with Crippen molar-refractivity contribution < 1.29 is 0 Å². The monoisotopic (exact) mass is 296 g/mol. The molecule has 2 aliphatic heterocycles. The second-order valence-corrected chi connectivity index (χ2v) is 7.20. The van der Waals surface area contributed by atoms with Crippen molar-refractivity contribution >= 4 is 5.69 Å². The summed E-state index contributed by atoms with van der Waals surface area (Å²) < 4.78 is 0. The molecule has 1 aromatic rings. The third-order valence-corrected chi connectivity index (χ3v) is 5.06. The maximum atomic E-state index is 3.77. The van der Waals surface area contributed by atoms with E-state index in [0.29, 0.717) is 6.17 Å². The maximum absolute atomic E-state index is 3.77. The van der Waals surface area contributed by atoms with Gasteiger partial charge in [-0.2, -0.15) is 0 Å². The molecule has 1 aromatic carbocycles. The van der Waals surface area contributed by atoms with E-state index >= 15 is 0 Å². The molecule has 0 saturated carbocycles. The molecule has 118 valence electrons. The van der Waals surface area contributed by atoms with Crippen LogP contribution < -0.4 is 10.2 Å². The van der Waals surface area contributed by atoms with Crippen LogP contribution in [0.15, 0.2) is 47.6 Å². The minimum atomic E-state index is 0.239. The molecule has 0 bridgehead atoms. The highest BCUT2D eigenvalue weighted by Crippen LogP contribution is 2.51. The van der Waals surface area contributed by atoms with E-state index in [1.165, 1.54) is 28.8 Å². The van der Waals surface area contributed by atoms with Gasteiger partial charge in [-0.25, -0.2) is 0 Å². The Morgan fingerprint density at radius 1 is 1.18 bits per heavy atom. The topological polar surface area (TPSA) is 15.3 Å². The van der Waals surface area contributed by atoms with Crippen LogP contribution in [0.5, 0.6) is 0 Å². The van der Waals surface area contributed by atoms with Crippen LogP contribution in [0.4, 0.5) is 5.69 Å². The van der Waals surface area contributed by atoms with Crippen LogP contribution in [0.25, 0.3) is 0 Å². The lowest BCUT2D eigenvalue weighted by Gasteiger charge is -2.33. The molecule has 1 fully saturated rings. The van der Waals surface area contributed by atoms with Crippen molar-refractivity contribution in [2.24, 2.45) is 0 Å². The van der Waals surface area contributed by atoms with E-state index in [-0.39, 0.29) is 5.41 Å². The zero-order valence-corrected chi connectivity index (χ0v) is 14.3. The van der Waals surface area contributed by atoms with Crippen molar-refractivity contribution in [3.63, 3.8) is 0 Å². The fourth-order valence-corrected chi connectivity index (χ4v) is 3.93. The maximum Gasteiger partial charge on any atom is 0.0901 e. The summed E-state index contributed by atoms with van der Waals surface area (Å²) in [6.07, 6.45) is 7.55. The standard InChI is InChI=1S/C20H28N2/c1-15(2)9-11-20-12-13-21-19(20)22(14-10-16(3)4)18-8-6-5-7-17(18)20/h5-10,19,21H,11-14H2,1-4H3/t19?,20-/m0/s1. The molecule has 0 radical (unpaired) electrons. The number of fused-ring (bicyclic) bond motifs is 3. The first-order valence-electron chi connectivity index (χ1n) is 8.41. The molecular formula is C20H28N2. The first-order valence-corrected chi connectivity index (χ1v) is 8.41. The van der Waals surface area contributed by atoms with Gasteiger partial charge in [0.2, 0.25) is 0 Å². The lowest BCUT2D eigenvalue weighted by molar-refractivity contribution is 0.391. The Balaban J connectivity index is 2.03. The first-order chi connectivity index (χ1) is 10.5. The predicted molar refractivity (Wildman–Crippen MR) is 95.4 cm³/mol. The van der Waals surface area contributed by atoms with Gasteiger partial charge in [-0.05, 0) is 58.7 Å². The largest absolute Gasteiger partial charge is 0.351 e. The molecule has 0 amide bonds. The van der Waals surface area contributed by atoms with Gasteiger partial charge in [0.1, 0.15) is 0 Å². The molecule has 0 spiro atoms. The van der Waals surface area contributed by atoms with Gasteiger partial charge >= 0.3 is 0 Å². The van der Waals surface area contributed by atoms with Crippen molar-refractivity contribution in [3.8, 4) is 0 Å². The van der Waals surface area contributed by atoms with Crippen molar-refractivity contribution in [2.45, 2.75) is 52.1 Å². The Morgan fingerprint density at radius 2 is 1.91 bits per heavy atom. The Bertz CT molecular complexity index is 606. The minimum Gasteiger partial charge on any atom is -0.351 e. The number of hydrogen-bond donors (Lipinski definition) is 1. The van der Waals surface area contributed by atoms with E-state index in [4.69, 9.17) is 0 Å². The summed E-state index contributed by atoms with van der Waals surface area (Å²) in [4.78, 5) is 2.56. The minimum absolute atomic E-state index is 0.239. The lowest BCUT2D eigenvalue weighted by Crippen LogP contribution is -2.47. The number of anilines is 1. The molecule has 0 aliphatic carbocycles. The second kappa shape index (κ2) is 5.92. The fourth-order valence-electron chi connectivity index (χ4n) is 3.93. The van der Waals surface area contributed by atoms with Gasteiger partial charge in [0.15, 0.2) is 0 Å². The van der Waals surface area contributed by atoms with Crippen LogP contribution in [0.2, 0.25) is 0 Å². The number of hydrogen-bond acceptors (Lipinski definition) is 2. The Labute approximate surface area is 134 Å². The van der Waals surface area contributed by atoms with Crippen molar-refractivity contribution in [1.82, 2.24) is 5.32 Å². The van der Waals surface area contributed by atoms with Gasteiger partial charge in [-0.1, -0.05) is 41.5 Å². The second-order valence-electron chi connectivity index (χ2n) is 7.20. The van der Waals surface area contributed by atoms with Crippen LogP contribution in [0, 0.1) is 0 Å². The molecule has 2 heteroatoms. The summed E-state index contributed by atoms with van der Waals surface area (Å²) >= 11 is 0. The van der Waals surface area contributed by atoms with Gasteiger partial charge in [-0.3, -0.25) is 5.32 Å². The highest BCUT2D eigenvalue weighted by atomic mass is 15.3. The number of para-hydroxylation sites is 1. The summed E-state index contributed by atoms with van der Waals surface area (Å²) in [5.74, 6) is 0. The summed E-state index contributed by atoms with van der Waals surface area (Å²) in [5.41, 5.74) is 5.99. The summed E-state index contributed by atoms with van der Waals surface area (Å²) in [6, 6.07) is 9.00. The molecule has 2 nitrogen and oxygen atoms in total. The number of rotatable bonds is 4. The van der Waals surface area contributed by atoms with Gasteiger partial charge in [0.05, 0.1) is 6.17 Å². The number of nitrogens with one attached hydrogen (secondary N) is 1. The molecule has 2 heterocycles. The summed E-state index contributed by atoms with van der Waals surface area (Å²) in [6.45, 7) is 10.9. The summed E-state index contributed by atoms with van der Waals surface area (Å²) in [5, 5.41) is 3.77. The third kappa shape index (κ3) is 2.50. The van der Waals surface area contributed by atoms with Crippen LogP contribution in [0.1, 0.15) is 46.1 Å². The molecule has 3 rings (SSSR count). The fraction of sp³-hybridized carbons (Fsp3) is 0.500. The van der Waals surface area contributed by atoms with E-state index in [9.17, 15) is 0 Å². The average molecular weight is 296 g/mol. The third-order valence-electron chi connectivity index (χ3n) is 5.06. The predicted octanol–water partition coefficient (Wildman–Crippen LogP) is 4.39. The zero-order valence-electron chi connectivity index (χ0n) is 14.3. The normalized spacial score (nSPS) is 25.6. The Kier molecular flexibility index (Phi) is 4.14. The van der Waals surface area contributed by atoms with Gasteiger partial charge < -0.3 is 4.90 Å². The molecule has 1 N–H and O–H groups in total. The smallest absolute Gasteiger partial charge is 0.0901 e. The average Bonchev–Trinajstić information content (AvgIpc) is 2.99. The molecule has 1 unspecified atom stereocenters. The molecule has 1 saturated heterocycles. The quantitative estimate of drug-likeness (QED) is 0.829. The summed E-state index contributed by atoms with van der Waals surface area (Å²) in [7, 11) is 0. The van der Waals surface area contributed by atoms with Gasteiger partial charge in [0, 0.05) is 17.6 Å². The zero-order chi connectivity index (χ0) is 15.7. The van der Waals surface area contributed by atoms with Gasteiger partial charge in [0.25, 0.3) is 0 Å². The van der Waals surface area contributed by atoms with Crippen molar-refractivity contribution in [1.29, 1.82) is 0 Å². The van der Waals surface area contributed by atoms with E-state index in [2.05, 4.69) is 74.3 Å². The number of allylic oxidation sites excluding steroid dienone is 3. The van der Waals surface area contributed by atoms with Crippen molar-refractivity contribution in [2.75, 3.05) is 18.0 Å². The van der Waals surface area contributed by atoms with E-state index < -0.39 is 0 Å².